The smallest absolute Gasteiger partial charge is 0.227 e. The van der Waals surface area contributed by atoms with Gasteiger partial charge in [0, 0.05) is 60.5 Å². The number of rotatable bonds is 6. The zero-order valence-corrected chi connectivity index (χ0v) is 20.5. The van der Waals surface area contributed by atoms with E-state index in [-0.39, 0.29) is 40.8 Å². The van der Waals surface area contributed by atoms with Crippen LogP contribution in [0, 0.1) is 11.7 Å². The lowest BCUT2D eigenvalue weighted by Crippen LogP contribution is -2.50. The van der Waals surface area contributed by atoms with Crippen LogP contribution >= 0.6 is 23.2 Å². The molecule has 2 fully saturated rings. The number of carbonyl (C=O) groups is 2. The molecule has 2 atom stereocenters. The topological polar surface area (TPSA) is 49.9 Å². The predicted molar refractivity (Wildman–Crippen MR) is 131 cm³/mol. The van der Waals surface area contributed by atoms with Crippen LogP contribution in [0.4, 0.5) is 4.39 Å². The van der Waals surface area contributed by atoms with E-state index in [0.29, 0.717) is 36.7 Å². The summed E-state index contributed by atoms with van der Waals surface area (Å²) in [5.41, 5.74) is 0.201. The van der Waals surface area contributed by atoms with Crippen LogP contribution in [0.25, 0.3) is 0 Å². The van der Waals surface area contributed by atoms with E-state index in [1.165, 1.54) is 12.1 Å². The van der Waals surface area contributed by atoms with Crippen molar-refractivity contribution in [1.29, 1.82) is 0 Å². The highest BCUT2D eigenvalue weighted by Crippen LogP contribution is 2.29. The molecule has 0 N–H and O–H groups in total. The van der Waals surface area contributed by atoms with Crippen molar-refractivity contribution in [2.24, 2.45) is 5.92 Å². The van der Waals surface area contributed by atoms with Gasteiger partial charge in [0.2, 0.25) is 11.8 Å². The minimum absolute atomic E-state index is 0.0934. The molecule has 5 nitrogen and oxygen atoms in total. The Kier molecular flexibility index (Phi) is 8.32. The Morgan fingerprint density at radius 2 is 1.74 bits per heavy atom. The van der Waals surface area contributed by atoms with E-state index in [1.54, 1.807) is 23.1 Å². The number of benzene rings is 2. The first kappa shape index (κ1) is 24.8. The summed E-state index contributed by atoms with van der Waals surface area (Å²) in [6, 6.07) is 11.6. The van der Waals surface area contributed by atoms with E-state index in [9.17, 15) is 14.0 Å². The molecule has 0 aromatic heterocycles. The second kappa shape index (κ2) is 11.4. The molecule has 0 radical (unpaired) electrons. The van der Waals surface area contributed by atoms with Crippen molar-refractivity contribution in [2.75, 3.05) is 26.2 Å². The second-order valence-corrected chi connectivity index (χ2v) is 9.87. The molecule has 2 aliphatic rings. The first-order valence-corrected chi connectivity index (χ1v) is 12.6. The third-order valence-corrected chi connectivity index (χ3v) is 7.22. The Bertz CT molecular complexity index is 1010. The SMILES string of the molecule is O=C(C[C@H]1CN(C(=O)Cc2c(F)cccc2Cl)CC[C@@H]1Oc1cccc(Cl)c1)N1CCCCC1. The van der Waals surface area contributed by atoms with Gasteiger partial charge in [0.15, 0.2) is 0 Å². The molecular weight excluding hydrogens is 478 g/mol. The van der Waals surface area contributed by atoms with E-state index in [0.717, 1.165) is 32.4 Å². The van der Waals surface area contributed by atoms with Gasteiger partial charge in [0.05, 0.1) is 6.42 Å². The van der Waals surface area contributed by atoms with Crippen LogP contribution in [0.5, 0.6) is 5.75 Å². The largest absolute Gasteiger partial charge is 0.490 e. The Morgan fingerprint density at radius 3 is 2.47 bits per heavy atom. The predicted octanol–water partition coefficient (Wildman–Crippen LogP) is 5.37. The van der Waals surface area contributed by atoms with Crippen molar-refractivity contribution in [2.45, 2.75) is 44.6 Å². The summed E-state index contributed by atoms with van der Waals surface area (Å²) >= 11 is 12.2. The molecule has 8 heteroatoms. The summed E-state index contributed by atoms with van der Waals surface area (Å²) in [7, 11) is 0. The summed E-state index contributed by atoms with van der Waals surface area (Å²) in [5.74, 6) is -0.135. The molecule has 2 amide bonds. The third kappa shape index (κ3) is 6.22. The highest BCUT2D eigenvalue weighted by Gasteiger charge is 2.35. The number of ether oxygens (including phenoxy) is 1. The molecule has 2 aliphatic heterocycles. The molecular formula is C26H29Cl2FN2O3. The molecule has 2 aromatic rings. The van der Waals surface area contributed by atoms with E-state index < -0.39 is 5.82 Å². The van der Waals surface area contributed by atoms with Crippen molar-refractivity contribution in [3.05, 3.63) is 63.9 Å². The summed E-state index contributed by atoms with van der Waals surface area (Å²) in [6.45, 7) is 2.39. The van der Waals surface area contributed by atoms with Crippen LogP contribution in [0.2, 0.25) is 10.0 Å². The van der Waals surface area contributed by atoms with Gasteiger partial charge in [0.25, 0.3) is 0 Å². The van der Waals surface area contributed by atoms with Gasteiger partial charge in [-0.25, -0.2) is 4.39 Å². The van der Waals surface area contributed by atoms with E-state index in [4.69, 9.17) is 27.9 Å². The van der Waals surface area contributed by atoms with Crippen LogP contribution in [0.1, 0.15) is 37.7 Å². The summed E-state index contributed by atoms with van der Waals surface area (Å²) in [6.07, 6.45) is 3.72. The number of piperidine rings is 2. The minimum Gasteiger partial charge on any atom is -0.490 e. The van der Waals surface area contributed by atoms with Crippen LogP contribution in [-0.4, -0.2) is 53.9 Å². The molecule has 182 valence electrons. The Morgan fingerprint density at radius 1 is 0.971 bits per heavy atom. The van der Waals surface area contributed by atoms with Crippen molar-refractivity contribution in [1.82, 2.24) is 9.80 Å². The molecule has 4 rings (SSSR count). The maximum Gasteiger partial charge on any atom is 0.227 e. The van der Waals surface area contributed by atoms with Gasteiger partial charge in [0.1, 0.15) is 17.7 Å². The molecule has 0 bridgehead atoms. The number of hydrogen-bond acceptors (Lipinski definition) is 3. The molecule has 2 saturated heterocycles. The molecule has 0 unspecified atom stereocenters. The summed E-state index contributed by atoms with van der Waals surface area (Å²) in [5, 5.41) is 0.817. The summed E-state index contributed by atoms with van der Waals surface area (Å²) < 4.78 is 20.5. The summed E-state index contributed by atoms with van der Waals surface area (Å²) in [4.78, 5) is 29.7. The van der Waals surface area contributed by atoms with E-state index in [2.05, 4.69) is 0 Å². The zero-order chi connectivity index (χ0) is 24.1. The maximum absolute atomic E-state index is 14.2. The molecule has 0 saturated carbocycles. The lowest BCUT2D eigenvalue weighted by atomic mass is 9.90. The standard InChI is InChI=1S/C26H29Cl2FN2O3/c27-19-6-4-7-20(15-19)34-24-10-13-31(26(33)16-21-22(28)8-5-9-23(21)29)17-18(24)14-25(32)30-11-2-1-3-12-30/h4-9,15,18,24H,1-3,10-14,16-17H2/t18-,24-/m0/s1. The van der Waals surface area contributed by atoms with Crippen molar-refractivity contribution >= 4 is 35.0 Å². The van der Waals surface area contributed by atoms with Gasteiger partial charge in [-0.1, -0.05) is 35.3 Å². The number of halogens is 3. The normalized spacial score (nSPS) is 20.8. The highest BCUT2D eigenvalue weighted by atomic mass is 35.5. The van der Waals surface area contributed by atoms with Crippen LogP contribution in [0.15, 0.2) is 42.5 Å². The second-order valence-electron chi connectivity index (χ2n) is 9.02. The fourth-order valence-corrected chi connectivity index (χ4v) is 5.17. The van der Waals surface area contributed by atoms with Crippen LogP contribution in [0.3, 0.4) is 0 Å². The molecule has 0 aliphatic carbocycles. The maximum atomic E-state index is 14.2. The van der Waals surface area contributed by atoms with Crippen molar-refractivity contribution in [3.63, 3.8) is 0 Å². The zero-order valence-electron chi connectivity index (χ0n) is 19.0. The molecule has 2 aromatic carbocycles. The van der Waals surface area contributed by atoms with Gasteiger partial charge >= 0.3 is 0 Å². The molecule has 0 spiro atoms. The van der Waals surface area contributed by atoms with Crippen molar-refractivity contribution in [3.8, 4) is 5.75 Å². The van der Waals surface area contributed by atoms with Gasteiger partial charge in [-0.05, 0) is 49.6 Å². The number of hydrogen-bond donors (Lipinski definition) is 0. The Hall–Kier alpha value is -2.31. The lowest BCUT2D eigenvalue weighted by molar-refractivity contribution is -0.139. The van der Waals surface area contributed by atoms with E-state index in [1.807, 2.05) is 17.0 Å². The lowest BCUT2D eigenvalue weighted by Gasteiger charge is -2.39. The number of nitrogens with zero attached hydrogens (tertiary/aromatic N) is 2. The monoisotopic (exact) mass is 506 g/mol. The Labute approximate surface area is 209 Å². The first-order chi connectivity index (χ1) is 16.4. The average molecular weight is 507 g/mol. The number of carbonyl (C=O) groups excluding carboxylic acids is 2. The van der Waals surface area contributed by atoms with Crippen molar-refractivity contribution < 1.29 is 18.7 Å². The van der Waals surface area contributed by atoms with Gasteiger partial charge in [-0.15, -0.1) is 0 Å². The number of likely N-dealkylation sites (tertiary alicyclic amines) is 2. The number of amides is 2. The van der Waals surface area contributed by atoms with Crippen LogP contribution in [-0.2, 0) is 16.0 Å². The highest BCUT2D eigenvalue weighted by molar-refractivity contribution is 6.31. The quantitative estimate of drug-likeness (QED) is 0.528. The fourth-order valence-electron chi connectivity index (χ4n) is 4.76. The fraction of sp³-hybridized carbons (Fsp3) is 0.462. The first-order valence-electron chi connectivity index (χ1n) is 11.8. The van der Waals surface area contributed by atoms with Crippen LogP contribution < -0.4 is 4.74 Å². The molecule has 34 heavy (non-hydrogen) atoms. The third-order valence-electron chi connectivity index (χ3n) is 6.64. The minimum atomic E-state index is -0.489. The molecule has 2 heterocycles. The Balaban J connectivity index is 1.47. The van der Waals surface area contributed by atoms with Gasteiger partial charge < -0.3 is 14.5 Å². The van der Waals surface area contributed by atoms with E-state index >= 15 is 0 Å². The van der Waals surface area contributed by atoms with Gasteiger partial charge in [-0.3, -0.25) is 9.59 Å². The average Bonchev–Trinajstić information content (AvgIpc) is 2.83. The van der Waals surface area contributed by atoms with Gasteiger partial charge in [-0.2, -0.15) is 0 Å².